The minimum Gasteiger partial charge on any atom is -0.350 e. The number of carbonyl (C=O) groups excluding carboxylic acids is 1. The van der Waals surface area contributed by atoms with Crippen LogP contribution in [0.25, 0.3) is 0 Å². The van der Waals surface area contributed by atoms with Gasteiger partial charge in [0.05, 0.1) is 17.9 Å². The molecule has 0 saturated heterocycles. The molecule has 1 aliphatic heterocycles. The van der Waals surface area contributed by atoms with Gasteiger partial charge in [-0.3, -0.25) is 14.4 Å². The van der Waals surface area contributed by atoms with Crippen molar-refractivity contribution in [2.45, 2.75) is 77.5 Å². The van der Waals surface area contributed by atoms with E-state index in [4.69, 9.17) is 5.10 Å². The summed E-state index contributed by atoms with van der Waals surface area (Å²) in [6, 6.07) is 2.93. The molecule has 3 rings (SSSR count). The third-order valence-electron chi connectivity index (χ3n) is 5.19. The SMILES string of the molecule is CC=CCC(=O)NCc1cc2n(n1)CCCN(C1CCCCC1)C2. The van der Waals surface area contributed by atoms with Gasteiger partial charge in [-0.1, -0.05) is 31.4 Å². The van der Waals surface area contributed by atoms with Crippen molar-refractivity contribution < 1.29 is 4.79 Å². The molecule has 1 saturated carbocycles. The van der Waals surface area contributed by atoms with Crippen LogP contribution < -0.4 is 5.32 Å². The van der Waals surface area contributed by atoms with Crippen LogP contribution in [0.15, 0.2) is 18.2 Å². The number of aromatic nitrogens is 2. The molecular formula is C19H30N4O. The molecule has 0 aromatic carbocycles. The van der Waals surface area contributed by atoms with E-state index in [0.29, 0.717) is 13.0 Å². The fourth-order valence-corrected chi connectivity index (χ4v) is 3.88. The Kier molecular flexibility index (Phi) is 6.07. The van der Waals surface area contributed by atoms with Crippen LogP contribution in [-0.2, 0) is 24.4 Å². The summed E-state index contributed by atoms with van der Waals surface area (Å²) in [6.45, 7) is 5.64. The van der Waals surface area contributed by atoms with Gasteiger partial charge in [0.1, 0.15) is 0 Å². The van der Waals surface area contributed by atoms with Crippen LogP contribution in [0.3, 0.4) is 0 Å². The third kappa shape index (κ3) is 4.47. The van der Waals surface area contributed by atoms with Gasteiger partial charge < -0.3 is 5.32 Å². The molecule has 0 spiro atoms. The lowest BCUT2D eigenvalue weighted by Crippen LogP contribution is -2.36. The number of amides is 1. The van der Waals surface area contributed by atoms with E-state index in [1.165, 1.54) is 44.3 Å². The molecule has 1 aromatic heterocycles. The maximum absolute atomic E-state index is 11.7. The van der Waals surface area contributed by atoms with Gasteiger partial charge in [0.15, 0.2) is 0 Å². The minimum absolute atomic E-state index is 0.0557. The summed E-state index contributed by atoms with van der Waals surface area (Å²) in [5, 5.41) is 7.65. The van der Waals surface area contributed by atoms with E-state index in [0.717, 1.165) is 31.2 Å². The molecule has 2 aliphatic rings. The van der Waals surface area contributed by atoms with Crippen LogP contribution in [-0.4, -0.2) is 33.2 Å². The summed E-state index contributed by atoms with van der Waals surface area (Å²) in [6.07, 6.45) is 12.2. The number of hydrogen-bond acceptors (Lipinski definition) is 3. The van der Waals surface area contributed by atoms with Gasteiger partial charge in [-0.2, -0.15) is 5.10 Å². The number of fused-ring (bicyclic) bond motifs is 1. The lowest BCUT2D eigenvalue weighted by molar-refractivity contribution is -0.120. The van der Waals surface area contributed by atoms with Gasteiger partial charge >= 0.3 is 0 Å². The van der Waals surface area contributed by atoms with E-state index < -0.39 is 0 Å². The number of nitrogens with one attached hydrogen (secondary N) is 1. The number of allylic oxidation sites excluding steroid dienone is 1. The molecule has 1 aromatic rings. The summed E-state index contributed by atoms with van der Waals surface area (Å²) in [5.74, 6) is 0.0557. The van der Waals surface area contributed by atoms with Crippen molar-refractivity contribution in [1.82, 2.24) is 20.0 Å². The van der Waals surface area contributed by atoms with Crippen LogP contribution in [0.1, 0.15) is 63.3 Å². The Labute approximate surface area is 145 Å². The number of aryl methyl sites for hydroxylation is 1. The molecule has 1 fully saturated rings. The molecule has 0 atom stereocenters. The van der Waals surface area contributed by atoms with E-state index in [2.05, 4.69) is 21.0 Å². The minimum atomic E-state index is 0.0557. The molecule has 24 heavy (non-hydrogen) atoms. The molecular weight excluding hydrogens is 300 g/mol. The van der Waals surface area contributed by atoms with Crippen molar-refractivity contribution in [3.8, 4) is 0 Å². The molecule has 2 heterocycles. The van der Waals surface area contributed by atoms with Crippen LogP contribution >= 0.6 is 0 Å². The topological polar surface area (TPSA) is 50.2 Å². The lowest BCUT2D eigenvalue weighted by Gasteiger charge is -2.33. The molecule has 0 radical (unpaired) electrons. The van der Waals surface area contributed by atoms with Gasteiger partial charge in [-0.15, -0.1) is 0 Å². The van der Waals surface area contributed by atoms with E-state index in [1.807, 2.05) is 19.1 Å². The molecule has 1 N–H and O–H groups in total. The van der Waals surface area contributed by atoms with Crippen LogP contribution in [0.4, 0.5) is 0 Å². The van der Waals surface area contributed by atoms with E-state index >= 15 is 0 Å². The van der Waals surface area contributed by atoms with Crippen LogP contribution in [0.5, 0.6) is 0 Å². The Morgan fingerprint density at radius 1 is 1.29 bits per heavy atom. The lowest BCUT2D eigenvalue weighted by atomic mass is 9.94. The zero-order chi connectivity index (χ0) is 16.8. The van der Waals surface area contributed by atoms with Crippen molar-refractivity contribution in [2.24, 2.45) is 0 Å². The van der Waals surface area contributed by atoms with Crippen molar-refractivity contribution in [3.05, 3.63) is 29.6 Å². The van der Waals surface area contributed by atoms with Crippen molar-refractivity contribution in [2.75, 3.05) is 6.54 Å². The average Bonchev–Trinajstić information content (AvgIpc) is 2.89. The molecule has 5 heteroatoms. The first-order valence-electron chi connectivity index (χ1n) is 9.44. The summed E-state index contributed by atoms with van der Waals surface area (Å²) >= 11 is 0. The Morgan fingerprint density at radius 2 is 2.12 bits per heavy atom. The second-order valence-electron chi connectivity index (χ2n) is 7.02. The maximum Gasteiger partial charge on any atom is 0.224 e. The fourth-order valence-electron chi connectivity index (χ4n) is 3.88. The standard InChI is InChI=1S/C19H30N4O/c1-2-3-10-19(24)20-14-16-13-18-15-22(11-7-12-23(18)21-16)17-8-5-4-6-9-17/h2-3,13,17H,4-12,14-15H2,1H3,(H,20,24). The van der Waals surface area contributed by atoms with Crippen molar-refractivity contribution >= 4 is 5.91 Å². The normalized spacial score (nSPS) is 20.0. The monoisotopic (exact) mass is 330 g/mol. The summed E-state index contributed by atoms with van der Waals surface area (Å²) < 4.78 is 2.15. The number of nitrogens with zero attached hydrogens (tertiary/aromatic N) is 3. The second kappa shape index (κ2) is 8.47. The van der Waals surface area contributed by atoms with Gasteiger partial charge in [0.25, 0.3) is 0 Å². The van der Waals surface area contributed by atoms with Crippen LogP contribution in [0.2, 0.25) is 0 Å². The first kappa shape index (κ1) is 17.2. The van der Waals surface area contributed by atoms with Gasteiger partial charge in [-0.05, 0) is 32.3 Å². The van der Waals surface area contributed by atoms with Gasteiger partial charge in [0.2, 0.25) is 5.91 Å². The third-order valence-corrected chi connectivity index (χ3v) is 5.19. The Hall–Kier alpha value is -1.62. The fraction of sp³-hybridized carbons (Fsp3) is 0.684. The average molecular weight is 330 g/mol. The largest absolute Gasteiger partial charge is 0.350 e. The smallest absolute Gasteiger partial charge is 0.224 e. The van der Waals surface area contributed by atoms with Crippen LogP contribution in [0, 0.1) is 0 Å². The molecule has 0 bridgehead atoms. The molecule has 1 aliphatic carbocycles. The molecule has 5 nitrogen and oxygen atoms in total. The zero-order valence-corrected chi connectivity index (χ0v) is 14.8. The highest BCUT2D eigenvalue weighted by atomic mass is 16.1. The first-order chi connectivity index (χ1) is 11.8. The predicted octanol–water partition coefficient (Wildman–Crippen LogP) is 3.00. The molecule has 1 amide bonds. The van der Waals surface area contributed by atoms with E-state index in [-0.39, 0.29) is 5.91 Å². The predicted molar refractivity (Wildman–Crippen MR) is 95.4 cm³/mol. The number of carbonyl (C=O) groups is 1. The Balaban J connectivity index is 1.58. The summed E-state index contributed by atoms with van der Waals surface area (Å²) in [5.41, 5.74) is 2.28. The first-order valence-corrected chi connectivity index (χ1v) is 9.44. The van der Waals surface area contributed by atoms with E-state index in [9.17, 15) is 4.79 Å². The zero-order valence-electron chi connectivity index (χ0n) is 14.8. The number of hydrogen-bond donors (Lipinski definition) is 1. The Bertz CT molecular complexity index is 572. The summed E-state index contributed by atoms with van der Waals surface area (Å²) in [7, 11) is 0. The molecule has 0 unspecified atom stereocenters. The van der Waals surface area contributed by atoms with Gasteiger partial charge in [-0.25, -0.2) is 0 Å². The van der Waals surface area contributed by atoms with Gasteiger partial charge in [0, 0.05) is 32.1 Å². The molecule has 132 valence electrons. The highest BCUT2D eigenvalue weighted by molar-refractivity contribution is 5.77. The summed E-state index contributed by atoms with van der Waals surface area (Å²) in [4.78, 5) is 14.4. The highest BCUT2D eigenvalue weighted by Gasteiger charge is 2.24. The van der Waals surface area contributed by atoms with Crippen molar-refractivity contribution in [1.29, 1.82) is 0 Å². The second-order valence-corrected chi connectivity index (χ2v) is 7.02. The quantitative estimate of drug-likeness (QED) is 0.844. The van der Waals surface area contributed by atoms with E-state index in [1.54, 1.807) is 0 Å². The maximum atomic E-state index is 11.7. The van der Waals surface area contributed by atoms with Crippen molar-refractivity contribution in [3.63, 3.8) is 0 Å². The highest BCUT2D eigenvalue weighted by Crippen LogP contribution is 2.25. The number of rotatable bonds is 5. The Morgan fingerprint density at radius 3 is 2.92 bits per heavy atom.